The molecule has 0 atom stereocenters. The minimum Gasteiger partial charge on any atom is -0.340 e. The van der Waals surface area contributed by atoms with Crippen LogP contribution in [0.3, 0.4) is 0 Å². The SMILES string of the molecule is Clc1nc(Cl)nc(Nc2ncnc3nc[nH]c23)n1. The Hall–Kier alpha value is -2.06. The number of H-pyrrole nitrogens is 1. The zero-order valence-corrected chi connectivity index (χ0v) is 10.1. The number of nitrogens with one attached hydrogen (secondary N) is 2. The molecule has 18 heavy (non-hydrogen) atoms. The molecular weight excluding hydrogens is 279 g/mol. The Bertz CT molecular complexity index is 691. The average molecular weight is 283 g/mol. The summed E-state index contributed by atoms with van der Waals surface area (Å²) < 4.78 is 0. The highest BCUT2D eigenvalue weighted by molar-refractivity contribution is 6.31. The van der Waals surface area contributed by atoms with Gasteiger partial charge >= 0.3 is 0 Å². The molecule has 0 saturated heterocycles. The topological polar surface area (TPSA) is 105 Å². The van der Waals surface area contributed by atoms with E-state index in [2.05, 4.69) is 40.2 Å². The molecule has 0 radical (unpaired) electrons. The first kappa shape index (κ1) is 11.1. The molecule has 8 nitrogen and oxygen atoms in total. The summed E-state index contributed by atoms with van der Waals surface area (Å²) in [6.07, 6.45) is 2.88. The predicted octanol–water partition coefficient (Wildman–Crippen LogP) is 1.59. The van der Waals surface area contributed by atoms with Gasteiger partial charge in [-0.3, -0.25) is 0 Å². The number of hydrogen-bond acceptors (Lipinski definition) is 7. The molecule has 0 saturated carbocycles. The van der Waals surface area contributed by atoms with Crippen LogP contribution >= 0.6 is 23.2 Å². The van der Waals surface area contributed by atoms with Crippen molar-refractivity contribution < 1.29 is 0 Å². The zero-order valence-electron chi connectivity index (χ0n) is 8.59. The molecule has 0 aliphatic rings. The summed E-state index contributed by atoms with van der Waals surface area (Å²) in [6.45, 7) is 0. The van der Waals surface area contributed by atoms with E-state index in [1.54, 1.807) is 0 Å². The van der Waals surface area contributed by atoms with Crippen molar-refractivity contribution in [1.29, 1.82) is 0 Å². The van der Waals surface area contributed by atoms with E-state index in [4.69, 9.17) is 23.2 Å². The second kappa shape index (κ2) is 4.31. The van der Waals surface area contributed by atoms with Gasteiger partial charge in [0.25, 0.3) is 0 Å². The number of fused-ring (bicyclic) bond motifs is 1. The summed E-state index contributed by atoms with van der Waals surface area (Å²) in [6, 6.07) is 0. The van der Waals surface area contributed by atoms with E-state index in [-0.39, 0.29) is 16.5 Å². The number of rotatable bonds is 2. The van der Waals surface area contributed by atoms with Gasteiger partial charge in [-0.1, -0.05) is 0 Å². The number of aromatic amines is 1. The Morgan fingerprint density at radius 2 is 1.78 bits per heavy atom. The smallest absolute Gasteiger partial charge is 0.234 e. The Labute approximate surface area is 110 Å². The molecule has 0 unspecified atom stereocenters. The number of nitrogens with zero attached hydrogens (tertiary/aromatic N) is 6. The van der Waals surface area contributed by atoms with Crippen LogP contribution < -0.4 is 5.32 Å². The van der Waals surface area contributed by atoms with Gasteiger partial charge in [-0.25, -0.2) is 15.0 Å². The van der Waals surface area contributed by atoms with Crippen LogP contribution in [0.5, 0.6) is 0 Å². The number of hydrogen-bond donors (Lipinski definition) is 2. The molecule has 3 heterocycles. The normalized spacial score (nSPS) is 10.8. The summed E-state index contributed by atoms with van der Waals surface area (Å²) in [5.41, 5.74) is 1.16. The molecule has 0 bridgehead atoms. The third-order valence-electron chi connectivity index (χ3n) is 2.03. The molecule has 3 rings (SSSR count). The molecule has 3 aromatic heterocycles. The van der Waals surface area contributed by atoms with Crippen molar-refractivity contribution in [2.45, 2.75) is 0 Å². The van der Waals surface area contributed by atoms with Crippen molar-refractivity contribution in [2.75, 3.05) is 5.32 Å². The van der Waals surface area contributed by atoms with Crippen LogP contribution in [0.25, 0.3) is 11.2 Å². The molecule has 3 aromatic rings. The largest absolute Gasteiger partial charge is 0.340 e. The van der Waals surface area contributed by atoms with E-state index in [1.165, 1.54) is 12.7 Å². The van der Waals surface area contributed by atoms with Crippen molar-refractivity contribution in [3.8, 4) is 0 Å². The summed E-state index contributed by atoms with van der Waals surface area (Å²) in [4.78, 5) is 26.3. The Balaban J connectivity index is 2.03. The van der Waals surface area contributed by atoms with Crippen LogP contribution in [-0.4, -0.2) is 34.9 Å². The van der Waals surface area contributed by atoms with Gasteiger partial charge in [0.15, 0.2) is 11.5 Å². The average Bonchev–Trinajstić information content (AvgIpc) is 2.76. The number of anilines is 2. The van der Waals surface area contributed by atoms with Crippen molar-refractivity contribution in [1.82, 2.24) is 34.9 Å². The molecule has 10 heteroatoms. The molecular formula is C8H4Cl2N8. The maximum Gasteiger partial charge on any atom is 0.234 e. The highest BCUT2D eigenvalue weighted by Crippen LogP contribution is 2.19. The molecule has 0 aliphatic heterocycles. The van der Waals surface area contributed by atoms with Crippen LogP contribution in [-0.2, 0) is 0 Å². The summed E-state index contributed by atoms with van der Waals surface area (Å²) in [7, 11) is 0. The lowest BCUT2D eigenvalue weighted by atomic mass is 10.5. The van der Waals surface area contributed by atoms with Gasteiger partial charge in [0.2, 0.25) is 16.5 Å². The first-order valence-electron chi connectivity index (χ1n) is 4.70. The lowest BCUT2D eigenvalue weighted by Gasteiger charge is -2.04. The van der Waals surface area contributed by atoms with E-state index in [1.807, 2.05) is 0 Å². The number of aromatic nitrogens is 7. The Kier molecular flexibility index (Phi) is 2.65. The molecule has 0 fully saturated rings. The highest BCUT2D eigenvalue weighted by Gasteiger charge is 2.09. The van der Waals surface area contributed by atoms with Crippen molar-refractivity contribution in [2.24, 2.45) is 0 Å². The maximum atomic E-state index is 5.67. The third-order valence-corrected chi connectivity index (χ3v) is 2.37. The van der Waals surface area contributed by atoms with Crippen LogP contribution in [0.1, 0.15) is 0 Å². The minimum absolute atomic E-state index is 0.00703. The fraction of sp³-hybridized carbons (Fsp3) is 0. The first-order chi connectivity index (χ1) is 8.72. The second-order valence-corrected chi connectivity index (χ2v) is 3.82. The lowest BCUT2D eigenvalue weighted by molar-refractivity contribution is 1.05. The maximum absolute atomic E-state index is 5.67. The Morgan fingerprint density at radius 1 is 1.00 bits per heavy atom. The van der Waals surface area contributed by atoms with Gasteiger partial charge in [0.05, 0.1) is 6.33 Å². The lowest BCUT2D eigenvalue weighted by Crippen LogP contribution is -2.02. The molecule has 0 aromatic carbocycles. The first-order valence-corrected chi connectivity index (χ1v) is 5.46. The van der Waals surface area contributed by atoms with Crippen molar-refractivity contribution >= 4 is 46.1 Å². The van der Waals surface area contributed by atoms with Gasteiger partial charge in [0, 0.05) is 0 Å². The fourth-order valence-corrected chi connectivity index (χ4v) is 1.71. The van der Waals surface area contributed by atoms with Gasteiger partial charge in [-0.2, -0.15) is 15.0 Å². The summed E-state index contributed by atoms with van der Waals surface area (Å²) in [5, 5.41) is 2.85. The predicted molar refractivity (Wildman–Crippen MR) is 64.8 cm³/mol. The quantitative estimate of drug-likeness (QED) is 0.735. The fourth-order valence-electron chi connectivity index (χ4n) is 1.35. The third kappa shape index (κ3) is 2.03. The molecule has 0 spiro atoms. The second-order valence-electron chi connectivity index (χ2n) is 3.15. The molecule has 0 amide bonds. The monoisotopic (exact) mass is 282 g/mol. The van der Waals surface area contributed by atoms with E-state index in [9.17, 15) is 0 Å². The van der Waals surface area contributed by atoms with Gasteiger partial charge in [0.1, 0.15) is 11.8 Å². The van der Waals surface area contributed by atoms with Gasteiger partial charge in [-0.15, -0.1) is 0 Å². The summed E-state index contributed by atoms with van der Waals surface area (Å²) >= 11 is 11.3. The molecule has 2 N–H and O–H groups in total. The van der Waals surface area contributed by atoms with Crippen molar-refractivity contribution in [3.63, 3.8) is 0 Å². The zero-order chi connectivity index (χ0) is 12.5. The van der Waals surface area contributed by atoms with Crippen LogP contribution in [0.2, 0.25) is 10.6 Å². The minimum atomic E-state index is -0.00703. The molecule has 90 valence electrons. The van der Waals surface area contributed by atoms with Gasteiger partial charge in [-0.05, 0) is 23.2 Å². The summed E-state index contributed by atoms with van der Waals surface area (Å²) in [5.74, 6) is 0.658. The van der Waals surface area contributed by atoms with Crippen LogP contribution in [0, 0.1) is 0 Å². The van der Waals surface area contributed by atoms with E-state index in [0.29, 0.717) is 17.0 Å². The standard InChI is InChI=1S/C8H4Cl2N8/c9-6-16-7(10)18-8(17-6)15-5-3-4(12-1-11-3)13-2-14-5/h1-2H,(H2,11,12,13,14,15,16,17,18). The Morgan fingerprint density at radius 3 is 2.56 bits per heavy atom. The van der Waals surface area contributed by atoms with Crippen molar-refractivity contribution in [3.05, 3.63) is 23.2 Å². The van der Waals surface area contributed by atoms with Gasteiger partial charge < -0.3 is 10.3 Å². The van der Waals surface area contributed by atoms with E-state index >= 15 is 0 Å². The van der Waals surface area contributed by atoms with Crippen LogP contribution in [0.4, 0.5) is 11.8 Å². The molecule has 0 aliphatic carbocycles. The highest BCUT2D eigenvalue weighted by atomic mass is 35.5. The number of imidazole rings is 1. The van der Waals surface area contributed by atoms with E-state index < -0.39 is 0 Å². The number of halogens is 2. The van der Waals surface area contributed by atoms with Crippen LogP contribution in [0.15, 0.2) is 12.7 Å². The van der Waals surface area contributed by atoms with E-state index in [0.717, 1.165) is 0 Å².